The van der Waals surface area contributed by atoms with E-state index in [1.54, 1.807) is 24.3 Å². The topological polar surface area (TPSA) is 77.2 Å². The summed E-state index contributed by atoms with van der Waals surface area (Å²) in [4.78, 5) is 23.0. The van der Waals surface area contributed by atoms with Gasteiger partial charge in [0.05, 0.1) is 18.8 Å². The lowest BCUT2D eigenvalue weighted by atomic mass is 10.2. The highest BCUT2D eigenvalue weighted by Crippen LogP contribution is 2.13. The van der Waals surface area contributed by atoms with E-state index in [2.05, 4.69) is 5.32 Å². The van der Waals surface area contributed by atoms with Crippen molar-refractivity contribution in [2.75, 3.05) is 25.1 Å². The van der Waals surface area contributed by atoms with Crippen LogP contribution in [0.2, 0.25) is 0 Å². The minimum atomic E-state index is -0.506. The Hall–Kier alpha value is -2.08. The Kier molecular flexibility index (Phi) is 4.95. The second kappa shape index (κ2) is 6.91. The SMILES string of the molecule is CCCOC(=O)Nc1ccc(C(=O)OCC2CO2)cc1. The molecular formula is C14H17NO5. The number of rotatable bonds is 6. The monoisotopic (exact) mass is 279 g/mol. The molecule has 2 rings (SSSR count). The standard InChI is InChI=1S/C14H17NO5/c1-2-7-18-14(17)15-11-5-3-10(4-6-11)13(16)20-9-12-8-19-12/h3-6,12H,2,7-9H2,1H3,(H,15,17). The smallest absolute Gasteiger partial charge is 0.411 e. The highest BCUT2D eigenvalue weighted by atomic mass is 16.6. The van der Waals surface area contributed by atoms with Crippen molar-refractivity contribution in [2.24, 2.45) is 0 Å². The molecule has 0 spiro atoms. The van der Waals surface area contributed by atoms with Crippen molar-refractivity contribution in [2.45, 2.75) is 19.4 Å². The summed E-state index contributed by atoms with van der Waals surface area (Å²) in [6.07, 6.45) is 0.310. The number of esters is 1. The van der Waals surface area contributed by atoms with Crippen molar-refractivity contribution < 1.29 is 23.8 Å². The molecule has 0 bridgehead atoms. The summed E-state index contributed by atoms with van der Waals surface area (Å²) in [6.45, 7) is 3.22. The normalized spacial score (nSPS) is 16.4. The average Bonchev–Trinajstić information content (AvgIpc) is 3.27. The van der Waals surface area contributed by atoms with E-state index >= 15 is 0 Å². The van der Waals surface area contributed by atoms with Gasteiger partial charge in [-0.05, 0) is 30.7 Å². The van der Waals surface area contributed by atoms with E-state index in [0.717, 1.165) is 6.42 Å². The van der Waals surface area contributed by atoms with E-state index in [0.29, 0.717) is 24.5 Å². The molecule has 1 saturated heterocycles. The lowest BCUT2D eigenvalue weighted by Crippen LogP contribution is -2.14. The van der Waals surface area contributed by atoms with Crippen LogP contribution in [0.15, 0.2) is 24.3 Å². The molecule has 1 aromatic carbocycles. The quantitative estimate of drug-likeness (QED) is 0.638. The van der Waals surface area contributed by atoms with Crippen LogP contribution in [0.4, 0.5) is 10.5 Å². The Bertz CT molecular complexity index is 467. The summed E-state index contributed by atoms with van der Waals surface area (Å²) in [6, 6.07) is 6.42. The second-order valence-electron chi connectivity index (χ2n) is 4.39. The lowest BCUT2D eigenvalue weighted by Gasteiger charge is -2.07. The summed E-state index contributed by atoms with van der Waals surface area (Å²) in [5, 5.41) is 2.57. The van der Waals surface area contributed by atoms with Gasteiger partial charge >= 0.3 is 12.1 Å². The summed E-state index contributed by atoms with van der Waals surface area (Å²) in [7, 11) is 0. The molecule has 1 amide bonds. The molecule has 1 aliphatic rings. The molecule has 0 saturated carbocycles. The summed E-state index contributed by atoms with van der Waals surface area (Å²) >= 11 is 0. The number of carbonyl (C=O) groups is 2. The zero-order valence-electron chi connectivity index (χ0n) is 11.3. The summed E-state index contributed by atoms with van der Waals surface area (Å²) in [5.41, 5.74) is 0.992. The average molecular weight is 279 g/mol. The van der Waals surface area contributed by atoms with Gasteiger partial charge in [0.15, 0.2) is 0 Å². The first-order valence-electron chi connectivity index (χ1n) is 6.51. The third-order valence-corrected chi connectivity index (χ3v) is 2.61. The number of nitrogens with one attached hydrogen (secondary N) is 1. The van der Waals surface area contributed by atoms with Gasteiger partial charge in [-0.2, -0.15) is 0 Å². The molecule has 6 heteroatoms. The van der Waals surface area contributed by atoms with Gasteiger partial charge in [-0.3, -0.25) is 5.32 Å². The van der Waals surface area contributed by atoms with E-state index in [9.17, 15) is 9.59 Å². The number of epoxide rings is 1. The Morgan fingerprint density at radius 3 is 2.60 bits per heavy atom. The number of ether oxygens (including phenoxy) is 3. The molecule has 1 atom stereocenters. The van der Waals surface area contributed by atoms with E-state index in [4.69, 9.17) is 14.2 Å². The van der Waals surface area contributed by atoms with Crippen LogP contribution in [0.25, 0.3) is 0 Å². The third-order valence-electron chi connectivity index (χ3n) is 2.61. The Labute approximate surface area is 117 Å². The van der Waals surface area contributed by atoms with Crippen LogP contribution in [0, 0.1) is 0 Å². The van der Waals surface area contributed by atoms with Crippen molar-refractivity contribution in [1.82, 2.24) is 0 Å². The van der Waals surface area contributed by atoms with Crippen LogP contribution in [-0.2, 0) is 14.2 Å². The highest BCUT2D eigenvalue weighted by molar-refractivity contribution is 5.91. The molecule has 0 aliphatic carbocycles. The maximum absolute atomic E-state index is 11.7. The number of carbonyl (C=O) groups excluding carboxylic acids is 2. The predicted octanol–water partition coefficient (Wildman–Crippen LogP) is 2.20. The van der Waals surface area contributed by atoms with Crippen molar-refractivity contribution in [1.29, 1.82) is 0 Å². The van der Waals surface area contributed by atoms with Crippen LogP contribution in [0.3, 0.4) is 0 Å². The predicted molar refractivity (Wildman–Crippen MR) is 71.7 cm³/mol. The molecule has 1 fully saturated rings. The van der Waals surface area contributed by atoms with E-state index in [-0.39, 0.29) is 12.7 Å². The van der Waals surface area contributed by atoms with Crippen molar-refractivity contribution in [3.05, 3.63) is 29.8 Å². The van der Waals surface area contributed by atoms with E-state index in [1.807, 2.05) is 6.92 Å². The lowest BCUT2D eigenvalue weighted by molar-refractivity contribution is 0.0476. The molecule has 1 N–H and O–H groups in total. The van der Waals surface area contributed by atoms with Crippen LogP contribution in [0.5, 0.6) is 0 Å². The minimum Gasteiger partial charge on any atom is -0.459 e. The third kappa shape index (κ3) is 4.55. The Balaban J connectivity index is 1.81. The molecule has 6 nitrogen and oxygen atoms in total. The maximum atomic E-state index is 11.7. The van der Waals surface area contributed by atoms with Gasteiger partial charge in [0.2, 0.25) is 0 Å². The molecule has 1 unspecified atom stereocenters. The van der Waals surface area contributed by atoms with Gasteiger partial charge in [0, 0.05) is 5.69 Å². The van der Waals surface area contributed by atoms with Gasteiger partial charge in [0.25, 0.3) is 0 Å². The molecular weight excluding hydrogens is 262 g/mol. The summed E-state index contributed by atoms with van der Waals surface area (Å²) < 4.78 is 14.9. The summed E-state index contributed by atoms with van der Waals surface area (Å²) in [5.74, 6) is -0.402. The van der Waals surface area contributed by atoms with Crippen molar-refractivity contribution in [3.8, 4) is 0 Å². The first-order chi connectivity index (χ1) is 9.69. The number of hydrogen-bond acceptors (Lipinski definition) is 5. The first kappa shape index (κ1) is 14.3. The zero-order chi connectivity index (χ0) is 14.4. The molecule has 0 radical (unpaired) electrons. The van der Waals surface area contributed by atoms with E-state index in [1.165, 1.54) is 0 Å². The van der Waals surface area contributed by atoms with Gasteiger partial charge in [0.1, 0.15) is 12.7 Å². The number of amides is 1. The molecule has 108 valence electrons. The van der Waals surface area contributed by atoms with Gasteiger partial charge in [-0.1, -0.05) is 6.92 Å². The fraction of sp³-hybridized carbons (Fsp3) is 0.429. The van der Waals surface area contributed by atoms with Crippen molar-refractivity contribution >= 4 is 17.7 Å². The van der Waals surface area contributed by atoms with Crippen LogP contribution in [0.1, 0.15) is 23.7 Å². The number of benzene rings is 1. The van der Waals surface area contributed by atoms with Gasteiger partial charge in [-0.15, -0.1) is 0 Å². The first-order valence-corrected chi connectivity index (χ1v) is 6.51. The minimum absolute atomic E-state index is 0.0493. The zero-order valence-corrected chi connectivity index (χ0v) is 11.3. The van der Waals surface area contributed by atoms with Gasteiger partial charge < -0.3 is 14.2 Å². The van der Waals surface area contributed by atoms with Crippen LogP contribution in [-0.4, -0.2) is 38.0 Å². The second-order valence-corrected chi connectivity index (χ2v) is 4.39. The fourth-order valence-corrected chi connectivity index (χ4v) is 1.45. The highest BCUT2D eigenvalue weighted by Gasteiger charge is 2.24. The molecule has 1 heterocycles. The number of anilines is 1. The molecule has 20 heavy (non-hydrogen) atoms. The number of hydrogen-bond donors (Lipinski definition) is 1. The van der Waals surface area contributed by atoms with Crippen LogP contribution < -0.4 is 5.32 Å². The Morgan fingerprint density at radius 1 is 1.30 bits per heavy atom. The van der Waals surface area contributed by atoms with E-state index < -0.39 is 12.1 Å². The molecule has 1 aromatic rings. The van der Waals surface area contributed by atoms with Crippen molar-refractivity contribution in [3.63, 3.8) is 0 Å². The van der Waals surface area contributed by atoms with Crippen LogP contribution >= 0.6 is 0 Å². The largest absolute Gasteiger partial charge is 0.459 e. The Morgan fingerprint density at radius 2 is 2.00 bits per heavy atom. The van der Waals surface area contributed by atoms with Gasteiger partial charge in [-0.25, -0.2) is 9.59 Å². The fourth-order valence-electron chi connectivity index (χ4n) is 1.45. The molecule has 1 aliphatic heterocycles. The maximum Gasteiger partial charge on any atom is 0.411 e. The molecule has 0 aromatic heterocycles.